The number of anilines is 1. The minimum absolute atomic E-state index is 0.0116. The second-order valence-electron chi connectivity index (χ2n) is 10.9. The van der Waals surface area contributed by atoms with Crippen LogP contribution in [0.4, 0.5) is 10.5 Å². The van der Waals surface area contributed by atoms with Gasteiger partial charge in [-0.1, -0.05) is 11.6 Å². The molecule has 3 aliphatic rings. The summed E-state index contributed by atoms with van der Waals surface area (Å²) in [4.78, 5) is 36.5. The molecule has 1 aromatic carbocycles. The lowest BCUT2D eigenvalue weighted by Crippen LogP contribution is -2.50. The SMILES string of the molecule is CN1C(=O)C2(CCN(C(=O)OC(C)(C)C)CC2)c2c(Cl)cc(-c3nc(CN4CCCC4)co3)cc21. The van der Waals surface area contributed by atoms with Crippen molar-refractivity contribution in [3.63, 3.8) is 0 Å². The van der Waals surface area contributed by atoms with Gasteiger partial charge in [0.15, 0.2) is 0 Å². The van der Waals surface area contributed by atoms with Crippen LogP contribution in [0, 0.1) is 0 Å². The first-order chi connectivity index (χ1) is 16.6. The maximum absolute atomic E-state index is 13.5. The maximum atomic E-state index is 13.5. The number of nitrogens with zero attached hydrogens (tertiary/aromatic N) is 4. The van der Waals surface area contributed by atoms with Crippen LogP contribution in [0.15, 0.2) is 22.8 Å². The van der Waals surface area contributed by atoms with E-state index in [4.69, 9.17) is 20.8 Å². The van der Waals surface area contributed by atoms with Gasteiger partial charge in [-0.15, -0.1) is 0 Å². The van der Waals surface area contributed by atoms with E-state index < -0.39 is 11.0 Å². The summed E-state index contributed by atoms with van der Waals surface area (Å²) in [5.74, 6) is 0.517. The molecule has 1 spiro atoms. The molecule has 0 N–H and O–H groups in total. The van der Waals surface area contributed by atoms with Gasteiger partial charge in [-0.2, -0.15) is 0 Å². The molecular formula is C26H33ClN4O4. The molecule has 1 aromatic heterocycles. The number of aromatic nitrogens is 1. The molecule has 2 saturated heterocycles. The first-order valence-electron chi connectivity index (χ1n) is 12.3. The molecule has 35 heavy (non-hydrogen) atoms. The fourth-order valence-corrected chi connectivity index (χ4v) is 5.93. The van der Waals surface area contributed by atoms with Gasteiger partial charge in [-0.3, -0.25) is 9.69 Å². The van der Waals surface area contributed by atoms with E-state index in [1.807, 2.05) is 32.9 Å². The van der Waals surface area contributed by atoms with E-state index in [9.17, 15) is 9.59 Å². The molecule has 0 unspecified atom stereocenters. The van der Waals surface area contributed by atoms with E-state index in [0.717, 1.165) is 42.1 Å². The number of benzene rings is 1. The Hall–Kier alpha value is -2.58. The first-order valence-corrected chi connectivity index (χ1v) is 12.7. The van der Waals surface area contributed by atoms with Crippen LogP contribution in [0.3, 0.4) is 0 Å². The van der Waals surface area contributed by atoms with Crippen LogP contribution in [0.5, 0.6) is 0 Å². The van der Waals surface area contributed by atoms with Gasteiger partial charge in [0, 0.05) is 48.5 Å². The van der Waals surface area contributed by atoms with Crippen molar-refractivity contribution in [2.24, 2.45) is 0 Å². The van der Waals surface area contributed by atoms with Crippen LogP contribution in [0.1, 0.15) is 57.7 Å². The van der Waals surface area contributed by atoms with Crippen molar-refractivity contribution < 1.29 is 18.7 Å². The molecule has 2 amide bonds. The molecule has 188 valence electrons. The van der Waals surface area contributed by atoms with Gasteiger partial charge < -0.3 is 19.0 Å². The molecule has 0 bridgehead atoms. The number of carbonyl (C=O) groups is 2. The lowest BCUT2D eigenvalue weighted by molar-refractivity contribution is -0.124. The Labute approximate surface area is 211 Å². The van der Waals surface area contributed by atoms with Crippen molar-refractivity contribution in [2.45, 2.75) is 64.0 Å². The molecule has 5 rings (SSSR count). The summed E-state index contributed by atoms with van der Waals surface area (Å²) < 4.78 is 11.3. The summed E-state index contributed by atoms with van der Waals surface area (Å²) in [6.45, 7) is 9.38. The van der Waals surface area contributed by atoms with Crippen molar-refractivity contribution in [3.8, 4) is 11.5 Å². The molecule has 0 radical (unpaired) electrons. The minimum atomic E-state index is -0.740. The molecule has 9 heteroatoms. The maximum Gasteiger partial charge on any atom is 0.410 e. The van der Waals surface area contributed by atoms with Gasteiger partial charge in [0.1, 0.15) is 11.9 Å². The van der Waals surface area contributed by atoms with E-state index in [-0.39, 0.29) is 12.0 Å². The zero-order valence-corrected chi connectivity index (χ0v) is 21.7. The molecule has 2 fully saturated rings. The van der Waals surface area contributed by atoms with Crippen LogP contribution in [0.2, 0.25) is 5.02 Å². The van der Waals surface area contributed by atoms with E-state index in [1.165, 1.54) is 12.8 Å². The lowest BCUT2D eigenvalue weighted by Gasteiger charge is -2.39. The molecule has 3 aliphatic heterocycles. The lowest BCUT2D eigenvalue weighted by atomic mass is 9.73. The number of rotatable bonds is 3. The summed E-state index contributed by atoms with van der Waals surface area (Å²) >= 11 is 6.85. The standard InChI is InChI=1S/C26H33ClN4O4/c1-25(2,3)35-24(33)31-11-7-26(8-12-31)21-19(27)13-17(14-20(21)29(4)23(26)32)22-28-18(16-34-22)15-30-9-5-6-10-30/h13-14,16H,5-12,15H2,1-4H3. The third-order valence-electron chi connectivity index (χ3n) is 7.28. The molecule has 0 saturated carbocycles. The second kappa shape index (κ2) is 8.82. The van der Waals surface area contributed by atoms with Crippen molar-refractivity contribution in [1.82, 2.24) is 14.8 Å². The van der Waals surface area contributed by atoms with Crippen molar-refractivity contribution >= 4 is 29.3 Å². The topological polar surface area (TPSA) is 79.1 Å². The Morgan fingerprint density at radius 1 is 1.17 bits per heavy atom. The normalized spacial score (nSPS) is 20.1. The molecule has 8 nitrogen and oxygen atoms in total. The number of oxazole rings is 1. The molecule has 4 heterocycles. The number of carbonyl (C=O) groups excluding carboxylic acids is 2. The highest BCUT2D eigenvalue weighted by Crippen LogP contribution is 2.51. The van der Waals surface area contributed by atoms with Gasteiger partial charge >= 0.3 is 6.09 Å². The Bertz CT molecular complexity index is 1140. The average molecular weight is 501 g/mol. The van der Waals surface area contributed by atoms with Crippen LogP contribution in [-0.2, 0) is 21.5 Å². The largest absolute Gasteiger partial charge is 0.444 e. The summed E-state index contributed by atoms with van der Waals surface area (Å²) in [6, 6.07) is 3.79. The Morgan fingerprint density at radius 3 is 2.51 bits per heavy atom. The third kappa shape index (κ3) is 4.42. The van der Waals surface area contributed by atoms with Gasteiger partial charge in [0.2, 0.25) is 11.8 Å². The van der Waals surface area contributed by atoms with E-state index >= 15 is 0 Å². The van der Waals surface area contributed by atoms with Crippen LogP contribution in [0.25, 0.3) is 11.5 Å². The number of halogens is 1. The highest BCUT2D eigenvalue weighted by molar-refractivity contribution is 6.33. The second-order valence-corrected chi connectivity index (χ2v) is 11.3. The highest BCUT2D eigenvalue weighted by atomic mass is 35.5. The molecule has 0 atom stereocenters. The fourth-order valence-electron chi connectivity index (χ4n) is 5.53. The summed E-state index contributed by atoms with van der Waals surface area (Å²) in [6.07, 6.45) is 4.81. The number of amides is 2. The summed E-state index contributed by atoms with van der Waals surface area (Å²) in [7, 11) is 1.78. The Kier molecular flexibility index (Phi) is 6.08. The number of likely N-dealkylation sites (N-methyl/N-ethyl adjacent to an activating group) is 1. The number of ether oxygens (including phenoxy) is 1. The Morgan fingerprint density at radius 2 is 1.86 bits per heavy atom. The average Bonchev–Trinajstić information content (AvgIpc) is 3.52. The number of fused-ring (bicyclic) bond motifs is 2. The summed E-state index contributed by atoms with van der Waals surface area (Å²) in [5, 5.41) is 0.528. The molecular weight excluding hydrogens is 468 g/mol. The van der Waals surface area contributed by atoms with Crippen LogP contribution >= 0.6 is 11.6 Å². The van der Waals surface area contributed by atoms with Gasteiger partial charge in [0.25, 0.3) is 0 Å². The predicted molar refractivity (Wildman–Crippen MR) is 134 cm³/mol. The molecule has 0 aliphatic carbocycles. The zero-order valence-electron chi connectivity index (χ0n) is 20.9. The van der Waals surface area contributed by atoms with Crippen LogP contribution < -0.4 is 4.90 Å². The molecule has 2 aromatic rings. The number of piperidine rings is 1. The highest BCUT2D eigenvalue weighted by Gasteiger charge is 2.53. The van der Waals surface area contributed by atoms with Crippen LogP contribution in [-0.4, -0.2) is 65.6 Å². The van der Waals surface area contributed by atoms with E-state index in [2.05, 4.69) is 9.88 Å². The van der Waals surface area contributed by atoms with Gasteiger partial charge in [-0.25, -0.2) is 9.78 Å². The number of hydrogen-bond donors (Lipinski definition) is 0. The monoisotopic (exact) mass is 500 g/mol. The first kappa shape index (κ1) is 24.1. The van der Waals surface area contributed by atoms with E-state index in [1.54, 1.807) is 23.1 Å². The number of likely N-dealkylation sites (tertiary alicyclic amines) is 2. The Balaban J connectivity index is 1.38. The smallest absolute Gasteiger partial charge is 0.410 e. The van der Waals surface area contributed by atoms with E-state index in [0.29, 0.717) is 36.8 Å². The van der Waals surface area contributed by atoms with Gasteiger partial charge in [-0.05, 0) is 71.7 Å². The number of hydrogen-bond acceptors (Lipinski definition) is 6. The predicted octanol–water partition coefficient (Wildman–Crippen LogP) is 4.84. The van der Waals surface area contributed by atoms with Crippen molar-refractivity contribution in [3.05, 3.63) is 34.7 Å². The van der Waals surface area contributed by atoms with Crippen molar-refractivity contribution in [2.75, 3.05) is 38.1 Å². The quantitative estimate of drug-likeness (QED) is 0.600. The van der Waals surface area contributed by atoms with Crippen molar-refractivity contribution in [1.29, 1.82) is 0 Å². The minimum Gasteiger partial charge on any atom is -0.444 e. The zero-order chi connectivity index (χ0) is 25.0. The summed E-state index contributed by atoms with van der Waals surface area (Å²) in [5.41, 5.74) is 1.97. The fraction of sp³-hybridized carbons (Fsp3) is 0.577. The van der Waals surface area contributed by atoms with Gasteiger partial charge in [0.05, 0.1) is 11.1 Å². The third-order valence-corrected chi connectivity index (χ3v) is 7.57.